The van der Waals surface area contributed by atoms with E-state index >= 15 is 0 Å². The molecule has 0 saturated heterocycles. The Morgan fingerprint density at radius 3 is 2.69 bits per heavy atom. The van der Waals surface area contributed by atoms with Gasteiger partial charge in [0.05, 0.1) is 26.8 Å². The van der Waals surface area contributed by atoms with Crippen molar-refractivity contribution >= 4 is 6.03 Å². The number of nitrogens with one attached hydrogen (secondary N) is 1. The second-order valence-corrected chi connectivity index (χ2v) is 5.66. The third kappa shape index (κ3) is 4.41. The number of nitrogens with zero attached hydrogens (tertiary/aromatic N) is 3. The van der Waals surface area contributed by atoms with Gasteiger partial charge in [-0.1, -0.05) is 0 Å². The summed E-state index contributed by atoms with van der Waals surface area (Å²) < 4.78 is 37.0. The molecule has 2 amide bonds. The van der Waals surface area contributed by atoms with Crippen molar-refractivity contribution in [2.75, 3.05) is 21.3 Å². The zero-order valence-corrected chi connectivity index (χ0v) is 15.1. The maximum atomic E-state index is 12.9. The quantitative estimate of drug-likeness (QED) is 0.815. The lowest BCUT2D eigenvalue weighted by Gasteiger charge is -2.23. The lowest BCUT2D eigenvalue weighted by molar-refractivity contribution is 0.0650. The molecule has 0 bridgehead atoms. The number of carbonyl (C=O) groups is 1. The van der Waals surface area contributed by atoms with E-state index in [1.165, 1.54) is 31.5 Å². The monoisotopic (exact) mass is 368 g/mol. The van der Waals surface area contributed by atoms with Gasteiger partial charge in [0.1, 0.15) is 17.3 Å². The van der Waals surface area contributed by atoms with E-state index in [1.54, 1.807) is 32.2 Å². The lowest BCUT2D eigenvalue weighted by atomic mass is 10.1. The molecule has 1 heterocycles. The summed E-state index contributed by atoms with van der Waals surface area (Å²) in [4.78, 5) is 17.6. The number of hydrogen-bond acceptors (Lipinski definition) is 4. The average molecular weight is 368 g/mol. The van der Waals surface area contributed by atoms with Gasteiger partial charge >= 0.3 is 12.6 Å². The molecule has 1 aromatic carbocycles. The van der Waals surface area contributed by atoms with Gasteiger partial charge in [-0.2, -0.15) is 8.78 Å². The molecule has 9 heteroatoms. The Balaban J connectivity index is 2.07. The molecule has 0 aliphatic heterocycles. The minimum atomic E-state index is -2.70. The first-order chi connectivity index (χ1) is 12.4. The molecule has 7 nitrogen and oxygen atoms in total. The minimum absolute atomic E-state index is 0.0505. The van der Waals surface area contributed by atoms with Gasteiger partial charge in [-0.25, -0.2) is 9.78 Å². The molecular weight excluding hydrogens is 346 g/mol. The van der Waals surface area contributed by atoms with Crippen LogP contribution in [0.1, 0.15) is 30.9 Å². The number of urea groups is 1. The molecule has 2 rings (SSSR count). The second kappa shape index (κ2) is 8.50. The van der Waals surface area contributed by atoms with Crippen molar-refractivity contribution in [3.8, 4) is 11.5 Å². The fraction of sp³-hybridized carbons (Fsp3) is 0.412. The van der Waals surface area contributed by atoms with Crippen LogP contribution in [0.4, 0.5) is 13.6 Å². The van der Waals surface area contributed by atoms with E-state index in [4.69, 9.17) is 9.47 Å². The predicted molar refractivity (Wildman–Crippen MR) is 91.4 cm³/mol. The molecule has 1 atom stereocenters. The summed E-state index contributed by atoms with van der Waals surface area (Å²) in [6, 6.07) is 4.47. The maximum absolute atomic E-state index is 12.9. The number of alkyl halides is 2. The molecule has 1 unspecified atom stereocenters. The van der Waals surface area contributed by atoms with Gasteiger partial charge in [0, 0.05) is 25.0 Å². The van der Waals surface area contributed by atoms with Crippen LogP contribution in [-0.4, -0.2) is 41.7 Å². The van der Waals surface area contributed by atoms with Crippen LogP contribution in [0, 0.1) is 0 Å². The number of carbonyl (C=O) groups excluding carboxylic acids is 1. The molecule has 1 N–H and O–H groups in total. The largest absolute Gasteiger partial charge is 0.497 e. The van der Waals surface area contributed by atoms with Gasteiger partial charge in [0.15, 0.2) is 0 Å². The Morgan fingerprint density at radius 1 is 1.35 bits per heavy atom. The van der Waals surface area contributed by atoms with Gasteiger partial charge in [-0.3, -0.25) is 4.57 Å². The van der Waals surface area contributed by atoms with E-state index in [2.05, 4.69) is 10.3 Å². The standard InChI is InChI=1S/C17H22F2N4O3/c1-11(13-9-12(25-3)5-6-14(13)26-4)21-17(24)22(2)10-15-20-7-8-23(15)16(18)19/h5-9,11,16H,10H2,1-4H3,(H,21,24). The van der Waals surface area contributed by atoms with E-state index in [9.17, 15) is 13.6 Å². The van der Waals surface area contributed by atoms with Crippen LogP contribution in [0.25, 0.3) is 0 Å². The molecule has 0 saturated carbocycles. The number of aromatic nitrogens is 2. The second-order valence-electron chi connectivity index (χ2n) is 5.66. The highest BCUT2D eigenvalue weighted by molar-refractivity contribution is 5.74. The molecule has 2 aromatic rings. The predicted octanol–water partition coefficient (Wildman–Crippen LogP) is 3.20. The first-order valence-corrected chi connectivity index (χ1v) is 7.90. The Labute approximate surface area is 150 Å². The molecule has 0 aliphatic rings. The summed E-state index contributed by atoms with van der Waals surface area (Å²) in [6.07, 6.45) is 2.45. The molecule has 142 valence electrons. The summed E-state index contributed by atoms with van der Waals surface area (Å²) in [5.74, 6) is 1.34. The van der Waals surface area contributed by atoms with Crippen molar-refractivity contribution in [1.29, 1.82) is 0 Å². The SMILES string of the molecule is COc1ccc(OC)c(C(C)NC(=O)N(C)Cc2nccn2C(F)F)c1. The third-order valence-electron chi connectivity index (χ3n) is 3.93. The highest BCUT2D eigenvalue weighted by Crippen LogP contribution is 2.29. The normalized spacial score (nSPS) is 12.0. The molecule has 0 aliphatic carbocycles. The number of ether oxygens (including phenoxy) is 2. The number of halogens is 2. The van der Waals surface area contributed by atoms with Crippen LogP contribution >= 0.6 is 0 Å². The smallest absolute Gasteiger partial charge is 0.319 e. The molecule has 0 radical (unpaired) electrons. The van der Waals surface area contributed by atoms with E-state index in [0.29, 0.717) is 11.5 Å². The highest BCUT2D eigenvalue weighted by atomic mass is 19.3. The zero-order valence-electron chi connectivity index (χ0n) is 15.1. The van der Waals surface area contributed by atoms with Gasteiger partial charge in [0.25, 0.3) is 0 Å². The van der Waals surface area contributed by atoms with Crippen molar-refractivity contribution in [1.82, 2.24) is 19.8 Å². The van der Waals surface area contributed by atoms with Crippen molar-refractivity contribution in [2.45, 2.75) is 26.1 Å². The van der Waals surface area contributed by atoms with Crippen LogP contribution < -0.4 is 14.8 Å². The lowest BCUT2D eigenvalue weighted by Crippen LogP contribution is -2.38. The number of methoxy groups -OCH3 is 2. The maximum Gasteiger partial charge on any atom is 0.319 e. The van der Waals surface area contributed by atoms with E-state index in [0.717, 1.165) is 10.1 Å². The molecule has 0 fully saturated rings. The number of benzene rings is 1. The Bertz CT molecular complexity index is 751. The fourth-order valence-electron chi connectivity index (χ4n) is 2.48. The Hall–Kier alpha value is -2.84. The highest BCUT2D eigenvalue weighted by Gasteiger charge is 2.20. The number of rotatable bonds is 7. The Kier molecular flexibility index (Phi) is 6.37. The van der Waals surface area contributed by atoms with Crippen LogP contribution in [0.3, 0.4) is 0 Å². The average Bonchev–Trinajstić information content (AvgIpc) is 3.09. The van der Waals surface area contributed by atoms with Gasteiger partial charge in [-0.15, -0.1) is 0 Å². The van der Waals surface area contributed by atoms with Gasteiger partial charge in [-0.05, 0) is 25.1 Å². The van der Waals surface area contributed by atoms with E-state index < -0.39 is 12.6 Å². The fourth-order valence-corrected chi connectivity index (χ4v) is 2.48. The van der Waals surface area contributed by atoms with Crippen LogP contribution in [0.5, 0.6) is 11.5 Å². The van der Waals surface area contributed by atoms with E-state index in [-0.39, 0.29) is 18.4 Å². The Morgan fingerprint density at radius 2 is 2.08 bits per heavy atom. The van der Waals surface area contributed by atoms with Crippen LogP contribution in [0.15, 0.2) is 30.6 Å². The molecule has 1 aromatic heterocycles. The first kappa shape index (κ1) is 19.5. The third-order valence-corrected chi connectivity index (χ3v) is 3.93. The molecule has 0 spiro atoms. The van der Waals surface area contributed by atoms with Crippen molar-refractivity contribution in [2.24, 2.45) is 0 Å². The first-order valence-electron chi connectivity index (χ1n) is 7.90. The summed E-state index contributed by atoms with van der Waals surface area (Å²) in [6.45, 7) is -0.960. The summed E-state index contributed by atoms with van der Waals surface area (Å²) in [5, 5.41) is 2.81. The summed E-state index contributed by atoms with van der Waals surface area (Å²) >= 11 is 0. The molecular formula is C17H22F2N4O3. The van der Waals surface area contributed by atoms with Gasteiger partial charge < -0.3 is 19.7 Å². The topological polar surface area (TPSA) is 68.6 Å². The summed E-state index contributed by atoms with van der Waals surface area (Å²) in [7, 11) is 4.60. The van der Waals surface area contributed by atoms with Crippen LogP contribution in [0.2, 0.25) is 0 Å². The van der Waals surface area contributed by atoms with Crippen molar-refractivity contribution < 1.29 is 23.0 Å². The van der Waals surface area contributed by atoms with Crippen molar-refractivity contribution in [3.05, 3.63) is 42.0 Å². The summed E-state index contributed by atoms with van der Waals surface area (Å²) in [5.41, 5.74) is 0.739. The number of imidazole rings is 1. The molecule has 26 heavy (non-hydrogen) atoms. The van der Waals surface area contributed by atoms with Crippen molar-refractivity contribution in [3.63, 3.8) is 0 Å². The zero-order chi connectivity index (χ0) is 19.3. The number of hydrogen-bond donors (Lipinski definition) is 1. The van der Waals surface area contributed by atoms with Gasteiger partial charge in [0.2, 0.25) is 0 Å². The van der Waals surface area contributed by atoms with E-state index in [1.807, 2.05) is 0 Å². The number of amides is 2. The minimum Gasteiger partial charge on any atom is -0.497 e. The van der Waals surface area contributed by atoms with Crippen LogP contribution in [-0.2, 0) is 6.54 Å².